The molecule has 2 aromatic rings. The lowest BCUT2D eigenvalue weighted by molar-refractivity contribution is -0.124. The Morgan fingerprint density at radius 2 is 2.10 bits per heavy atom. The Balaban J connectivity index is 1.78. The van der Waals surface area contributed by atoms with Crippen LogP contribution < -0.4 is 0 Å². The van der Waals surface area contributed by atoms with Gasteiger partial charge in [0.25, 0.3) is 0 Å². The smallest absolute Gasteiger partial charge is 0.138 e. The van der Waals surface area contributed by atoms with Gasteiger partial charge in [0.15, 0.2) is 0 Å². The minimum Gasteiger partial charge on any atom is -0.323 e. The molecule has 1 unspecified atom stereocenters. The van der Waals surface area contributed by atoms with Gasteiger partial charge in [0.05, 0.1) is 24.3 Å². The van der Waals surface area contributed by atoms with Gasteiger partial charge in [-0.25, -0.2) is 4.98 Å². The molecule has 1 fully saturated rings. The molecule has 2 aliphatic rings. The van der Waals surface area contributed by atoms with Crippen molar-refractivity contribution in [3.63, 3.8) is 0 Å². The average molecular weight is 290 g/mol. The lowest BCUT2D eigenvalue weighted by atomic mass is 9.83. The van der Waals surface area contributed by atoms with Gasteiger partial charge < -0.3 is 4.57 Å². The van der Waals surface area contributed by atoms with Crippen LogP contribution in [-0.2, 0) is 4.79 Å². The van der Waals surface area contributed by atoms with E-state index >= 15 is 0 Å². The Morgan fingerprint density at radius 3 is 2.95 bits per heavy atom. The number of nitrogens with zero attached hydrogens (tertiary/aromatic N) is 2. The van der Waals surface area contributed by atoms with Crippen molar-refractivity contribution in [2.45, 2.75) is 44.3 Å². The van der Waals surface area contributed by atoms with E-state index in [1.54, 1.807) is 22.9 Å². The summed E-state index contributed by atoms with van der Waals surface area (Å²) in [7, 11) is 0. The summed E-state index contributed by atoms with van der Waals surface area (Å²) in [6, 6.07) is 6.55. The zero-order valence-corrected chi connectivity index (χ0v) is 11.1. The van der Waals surface area contributed by atoms with Crippen LogP contribution in [0.3, 0.4) is 0 Å². The number of Topliss-reactive ketones (excluding diaryl/α,β-unsaturated/α-hetero) is 1. The van der Waals surface area contributed by atoms with E-state index in [9.17, 15) is 4.79 Å². The van der Waals surface area contributed by atoms with Crippen molar-refractivity contribution >= 4 is 5.78 Å². The number of fused-ring (bicyclic) bond motifs is 3. The van der Waals surface area contributed by atoms with E-state index in [1.165, 1.54) is 6.33 Å². The minimum atomic E-state index is -3.51. The molecule has 0 N–H and O–H groups in total. The highest BCUT2D eigenvalue weighted by atomic mass is 16.1. The number of imidazole rings is 1. The number of aromatic nitrogens is 2. The van der Waals surface area contributed by atoms with Crippen LogP contribution in [0.2, 0.25) is 0 Å². The first-order valence-corrected chi connectivity index (χ1v) is 6.74. The van der Waals surface area contributed by atoms with E-state index in [2.05, 4.69) is 4.98 Å². The Kier molecular flexibility index (Phi) is 1.49. The summed E-state index contributed by atoms with van der Waals surface area (Å²) < 4.78 is 82.5. The molecule has 0 amide bonds. The molecular weight excluding hydrogens is 260 g/mol. The first kappa shape index (κ1) is 6.07. The van der Waals surface area contributed by atoms with Crippen LogP contribution in [0.4, 0.5) is 0 Å². The van der Waals surface area contributed by atoms with E-state index in [1.807, 2.05) is 12.1 Å². The second kappa shape index (κ2) is 5.14. The maximum Gasteiger partial charge on any atom is 0.138 e. The van der Waals surface area contributed by atoms with Crippen LogP contribution in [0.25, 0.3) is 11.3 Å². The van der Waals surface area contributed by atoms with Crippen LogP contribution >= 0.6 is 0 Å². The van der Waals surface area contributed by atoms with Crippen molar-refractivity contribution in [1.82, 2.24) is 9.55 Å². The summed E-state index contributed by atoms with van der Waals surface area (Å²) in [5.74, 6) is -3.37. The second-order valence-corrected chi connectivity index (χ2v) is 5.06. The summed E-state index contributed by atoms with van der Waals surface area (Å²) in [6.07, 6.45) is -14.3. The van der Waals surface area contributed by atoms with Gasteiger partial charge in [-0.1, -0.05) is 43.4 Å². The number of carbonyl (C=O) groups is 1. The largest absolute Gasteiger partial charge is 0.323 e. The van der Waals surface area contributed by atoms with Crippen LogP contribution in [-0.4, -0.2) is 15.3 Å². The fourth-order valence-electron chi connectivity index (χ4n) is 2.89. The van der Waals surface area contributed by atoms with Crippen LogP contribution in [0.15, 0.2) is 36.8 Å². The number of rotatable bonds is 3. The quantitative estimate of drug-likeness (QED) is 0.856. The molecule has 4 rings (SSSR count). The summed E-state index contributed by atoms with van der Waals surface area (Å²) >= 11 is 0. The van der Waals surface area contributed by atoms with Crippen molar-refractivity contribution in [3.8, 4) is 11.3 Å². The van der Waals surface area contributed by atoms with Gasteiger partial charge in [-0.3, -0.25) is 4.79 Å². The van der Waals surface area contributed by atoms with Gasteiger partial charge >= 0.3 is 0 Å². The SMILES string of the molecule is [2H]C1([2H])C(C(=O)CC2c3ccccc3-c3cncn32)C([2H])([2H])C([2H])([2H])C([2H])([2H])C1([2H])[2H]. The fourth-order valence-corrected chi connectivity index (χ4v) is 2.89. The summed E-state index contributed by atoms with van der Waals surface area (Å²) in [4.78, 5) is 17.4. The van der Waals surface area contributed by atoms with Crippen molar-refractivity contribution < 1.29 is 18.5 Å². The standard InChI is InChI=1S/C18H20N2O/c21-18(13-6-2-1-3-7-13)10-16-14-8-4-5-9-15(14)17-11-19-12-20(16)17/h4-5,8-9,11-13,16H,1-3,6-7,10H2/i1D2,2D2,3D2,6D2,7D2. The Bertz CT molecular complexity index is 1030. The first-order chi connectivity index (χ1) is 14.1. The Labute approximate surface area is 139 Å². The third-order valence-electron chi connectivity index (χ3n) is 3.87. The highest BCUT2D eigenvalue weighted by Crippen LogP contribution is 2.41. The highest BCUT2D eigenvalue weighted by molar-refractivity contribution is 5.83. The normalized spacial score (nSPS) is 40.1. The molecule has 0 spiro atoms. The summed E-state index contributed by atoms with van der Waals surface area (Å²) in [6.45, 7) is 0. The number of benzene rings is 1. The van der Waals surface area contributed by atoms with Gasteiger partial charge in [0.2, 0.25) is 0 Å². The maximum absolute atomic E-state index is 13.3. The van der Waals surface area contributed by atoms with Gasteiger partial charge in [-0.05, 0) is 18.3 Å². The number of hydrogen-bond acceptors (Lipinski definition) is 2. The molecule has 1 aliphatic carbocycles. The predicted octanol–water partition coefficient (Wildman–Crippen LogP) is 3.99. The third-order valence-corrected chi connectivity index (χ3v) is 3.87. The Hall–Kier alpha value is -1.90. The summed E-state index contributed by atoms with van der Waals surface area (Å²) in [5.41, 5.74) is 2.28. The molecule has 1 saturated carbocycles. The topological polar surface area (TPSA) is 34.9 Å². The van der Waals surface area contributed by atoms with Crippen LogP contribution in [0.1, 0.15) is 63.6 Å². The van der Waals surface area contributed by atoms with Crippen molar-refractivity contribution in [2.24, 2.45) is 5.92 Å². The maximum atomic E-state index is 13.3. The summed E-state index contributed by atoms with van der Waals surface area (Å²) in [5, 5.41) is 0. The molecule has 1 aliphatic heterocycles. The van der Waals surface area contributed by atoms with E-state index in [0.29, 0.717) is 0 Å². The lowest BCUT2D eigenvalue weighted by Gasteiger charge is -2.22. The molecule has 21 heavy (non-hydrogen) atoms. The van der Waals surface area contributed by atoms with Crippen molar-refractivity contribution in [3.05, 3.63) is 42.4 Å². The molecule has 2 heterocycles. The molecule has 3 nitrogen and oxygen atoms in total. The molecule has 0 saturated heterocycles. The molecule has 108 valence electrons. The zero-order valence-electron chi connectivity index (χ0n) is 21.1. The predicted molar refractivity (Wildman–Crippen MR) is 82.0 cm³/mol. The minimum absolute atomic E-state index is 0.417. The zero-order chi connectivity index (χ0) is 23.2. The van der Waals surface area contributed by atoms with E-state index < -0.39 is 56.0 Å². The van der Waals surface area contributed by atoms with Crippen molar-refractivity contribution in [1.29, 1.82) is 0 Å². The fraction of sp³-hybridized carbons (Fsp3) is 0.444. The first-order valence-electron chi connectivity index (χ1n) is 11.7. The van der Waals surface area contributed by atoms with Gasteiger partial charge in [0.1, 0.15) is 5.78 Å². The molecule has 3 heteroatoms. The number of carbonyl (C=O) groups excluding carboxylic acids is 1. The van der Waals surface area contributed by atoms with E-state index in [4.69, 9.17) is 13.7 Å². The number of hydrogen-bond donors (Lipinski definition) is 0. The molecule has 0 radical (unpaired) electrons. The van der Waals surface area contributed by atoms with E-state index in [-0.39, 0.29) is 0 Å². The van der Waals surface area contributed by atoms with Crippen LogP contribution in [0.5, 0.6) is 0 Å². The highest BCUT2D eigenvalue weighted by Gasteiger charge is 2.31. The second-order valence-electron chi connectivity index (χ2n) is 5.06. The van der Waals surface area contributed by atoms with Gasteiger partial charge in [-0.2, -0.15) is 0 Å². The average Bonchev–Trinajstić information content (AvgIpc) is 3.23. The van der Waals surface area contributed by atoms with Crippen molar-refractivity contribution in [2.75, 3.05) is 0 Å². The van der Waals surface area contributed by atoms with E-state index in [0.717, 1.165) is 16.8 Å². The molecule has 1 atom stereocenters. The molecule has 0 bridgehead atoms. The van der Waals surface area contributed by atoms with Gasteiger partial charge in [0, 0.05) is 31.6 Å². The number of ketones is 1. The van der Waals surface area contributed by atoms with Gasteiger partial charge in [-0.15, -0.1) is 0 Å². The molecular formula is C18H20N2O. The molecule has 1 aromatic carbocycles. The molecule has 1 aromatic heterocycles. The third kappa shape index (κ3) is 2.11. The lowest BCUT2D eigenvalue weighted by Crippen LogP contribution is -2.21. The van der Waals surface area contributed by atoms with Crippen LogP contribution in [0, 0.1) is 5.92 Å². The monoisotopic (exact) mass is 290 g/mol. The Morgan fingerprint density at radius 1 is 1.29 bits per heavy atom.